The lowest BCUT2D eigenvalue weighted by Crippen LogP contribution is -2.38. The number of halogens is 3. The summed E-state index contributed by atoms with van der Waals surface area (Å²) in [5, 5.41) is 10.8. The second-order valence-electron chi connectivity index (χ2n) is 10.1. The maximum Gasteiger partial charge on any atom is 0.306 e. The van der Waals surface area contributed by atoms with Crippen LogP contribution in [0.1, 0.15) is 70.1 Å². The van der Waals surface area contributed by atoms with Crippen LogP contribution in [-0.2, 0) is 20.7 Å². The zero-order chi connectivity index (χ0) is 26.9. The van der Waals surface area contributed by atoms with Gasteiger partial charge in [-0.1, -0.05) is 32.1 Å². The molecule has 1 aliphatic carbocycles. The van der Waals surface area contributed by atoms with Gasteiger partial charge < -0.3 is 14.6 Å². The Hall–Kier alpha value is -1.80. The molecule has 1 fully saturated rings. The summed E-state index contributed by atoms with van der Waals surface area (Å²) in [6.07, 6.45) is 9.03. The van der Waals surface area contributed by atoms with Crippen LogP contribution in [0.3, 0.4) is 0 Å². The molecule has 1 aliphatic heterocycles. The monoisotopic (exact) mass is 539 g/mol. The van der Waals surface area contributed by atoms with E-state index in [4.69, 9.17) is 21.1 Å². The second kappa shape index (κ2) is 14.4. The first-order valence-electron chi connectivity index (χ1n) is 13.4. The maximum atomic E-state index is 14.1. The number of carbonyl (C=O) groups excluding carboxylic acids is 1. The number of alkyl halides is 1. The predicted molar refractivity (Wildman–Crippen MR) is 142 cm³/mol. The number of rotatable bonds is 13. The fourth-order valence-corrected chi connectivity index (χ4v) is 5.38. The number of likely N-dealkylation sites (tertiary alicyclic amines) is 1. The summed E-state index contributed by atoms with van der Waals surface area (Å²) in [7, 11) is 0. The standard InChI is InChI=1S/C29H40ClF2NO4/c1-4-28(24-16-27(32)26(31)15-21(24)10-11-29(35)36-5-2)37-18-23(34)17-33-12-6-7-22(33)13-20-9-8-19(3)25(30)14-20/h8-9,14-16,19,22-23,25,28,34H,4-7,10-13,17-18H2,1-3H3/t19?,22-,23+,25?,28+/m0/s1. The molecule has 8 heteroatoms. The minimum absolute atomic E-state index is 0.0123. The van der Waals surface area contributed by atoms with Gasteiger partial charge in [0.1, 0.15) is 0 Å². The van der Waals surface area contributed by atoms with Crippen LogP contribution in [0, 0.1) is 17.6 Å². The van der Waals surface area contributed by atoms with Crippen molar-refractivity contribution in [2.75, 3.05) is 26.3 Å². The van der Waals surface area contributed by atoms with E-state index in [-0.39, 0.29) is 31.4 Å². The van der Waals surface area contributed by atoms with E-state index in [1.165, 1.54) is 5.57 Å². The highest BCUT2D eigenvalue weighted by Gasteiger charge is 2.28. The number of hydrogen-bond acceptors (Lipinski definition) is 5. The summed E-state index contributed by atoms with van der Waals surface area (Å²) >= 11 is 6.42. The highest BCUT2D eigenvalue weighted by Crippen LogP contribution is 2.30. The Kier molecular flexibility index (Phi) is 11.6. The van der Waals surface area contributed by atoms with E-state index in [0.717, 1.165) is 37.9 Å². The minimum Gasteiger partial charge on any atom is -0.466 e. The molecule has 0 spiro atoms. The third-order valence-electron chi connectivity index (χ3n) is 7.20. The van der Waals surface area contributed by atoms with Crippen molar-refractivity contribution in [1.29, 1.82) is 0 Å². The lowest BCUT2D eigenvalue weighted by atomic mass is 9.93. The van der Waals surface area contributed by atoms with Crippen molar-refractivity contribution < 1.29 is 28.2 Å². The van der Waals surface area contributed by atoms with Crippen molar-refractivity contribution in [2.45, 2.75) is 82.9 Å². The zero-order valence-corrected chi connectivity index (χ0v) is 22.9. The average molecular weight is 540 g/mol. The molecule has 206 valence electrons. The Balaban J connectivity index is 1.58. The quantitative estimate of drug-likeness (QED) is 0.250. The molecule has 1 heterocycles. The Bertz CT molecular complexity index is 969. The van der Waals surface area contributed by atoms with Crippen LogP contribution in [0.5, 0.6) is 0 Å². The number of nitrogens with zero attached hydrogens (tertiary/aromatic N) is 1. The fourth-order valence-electron chi connectivity index (χ4n) is 5.14. The summed E-state index contributed by atoms with van der Waals surface area (Å²) < 4.78 is 39.1. The van der Waals surface area contributed by atoms with Crippen LogP contribution in [0.2, 0.25) is 0 Å². The number of carbonyl (C=O) groups is 1. The van der Waals surface area contributed by atoms with Gasteiger partial charge in [-0.15, -0.1) is 11.6 Å². The van der Waals surface area contributed by atoms with Crippen molar-refractivity contribution >= 4 is 17.6 Å². The summed E-state index contributed by atoms with van der Waals surface area (Å²) in [5.74, 6) is -1.98. The molecule has 1 N–H and O–H groups in total. The smallest absolute Gasteiger partial charge is 0.306 e. The number of benzene rings is 1. The molecule has 0 saturated carbocycles. The van der Waals surface area contributed by atoms with Crippen molar-refractivity contribution in [3.05, 3.63) is 58.7 Å². The summed E-state index contributed by atoms with van der Waals surface area (Å²) in [4.78, 5) is 14.1. The van der Waals surface area contributed by atoms with Gasteiger partial charge in [0.05, 0.1) is 30.8 Å². The van der Waals surface area contributed by atoms with Gasteiger partial charge in [0, 0.05) is 19.0 Å². The summed E-state index contributed by atoms with van der Waals surface area (Å²) in [6, 6.07) is 2.61. The Morgan fingerprint density at radius 2 is 2.03 bits per heavy atom. The molecule has 3 rings (SSSR count). The molecular weight excluding hydrogens is 500 g/mol. The molecule has 0 bridgehead atoms. The molecule has 5 atom stereocenters. The zero-order valence-electron chi connectivity index (χ0n) is 22.1. The number of aliphatic hydroxyl groups is 1. The van der Waals surface area contributed by atoms with Gasteiger partial charge in [-0.2, -0.15) is 0 Å². The van der Waals surface area contributed by atoms with E-state index < -0.39 is 29.8 Å². The van der Waals surface area contributed by atoms with Gasteiger partial charge in [0.15, 0.2) is 11.6 Å². The summed E-state index contributed by atoms with van der Waals surface area (Å²) in [5.41, 5.74) is 2.24. The molecule has 37 heavy (non-hydrogen) atoms. The van der Waals surface area contributed by atoms with Crippen LogP contribution in [0.15, 0.2) is 35.9 Å². The minimum atomic E-state index is -0.963. The van der Waals surface area contributed by atoms with Gasteiger partial charge >= 0.3 is 5.97 Å². The molecule has 5 nitrogen and oxygen atoms in total. The highest BCUT2D eigenvalue weighted by atomic mass is 35.5. The van der Waals surface area contributed by atoms with Crippen LogP contribution in [-0.4, -0.2) is 59.8 Å². The lowest BCUT2D eigenvalue weighted by Gasteiger charge is -2.29. The Morgan fingerprint density at radius 1 is 1.27 bits per heavy atom. The van der Waals surface area contributed by atoms with E-state index in [9.17, 15) is 18.7 Å². The average Bonchev–Trinajstić information content (AvgIpc) is 3.29. The first-order valence-corrected chi connectivity index (χ1v) is 13.9. The number of ether oxygens (including phenoxy) is 2. The Morgan fingerprint density at radius 3 is 2.73 bits per heavy atom. The van der Waals surface area contributed by atoms with E-state index in [0.29, 0.717) is 36.1 Å². The molecule has 2 aliphatic rings. The third-order valence-corrected chi connectivity index (χ3v) is 7.72. The normalized spacial score (nSPS) is 23.6. The van der Waals surface area contributed by atoms with E-state index in [2.05, 4.69) is 30.1 Å². The highest BCUT2D eigenvalue weighted by molar-refractivity contribution is 6.22. The van der Waals surface area contributed by atoms with E-state index in [1.807, 2.05) is 6.92 Å². The number of allylic oxidation sites excluding steroid dienone is 3. The van der Waals surface area contributed by atoms with Gasteiger partial charge in [-0.25, -0.2) is 8.78 Å². The van der Waals surface area contributed by atoms with Crippen LogP contribution < -0.4 is 0 Å². The summed E-state index contributed by atoms with van der Waals surface area (Å²) in [6.45, 7) is 7.44. The van der Waals surface area contributed by atoms with E-state index in [1.54, 1.807) is 6.92 Å². The number of hydrogen-bond donors (Lipinski definition) is 1. The van der Waals surface area contributed by atoms with Crippen LogP contribution in [0.25, 0.3) is 0 Å². The lowest BCUT2D eigenvalue weighted by molar-refractivity contribution is -0.143. The number of β-amino-alcohol motifs (C(OH)–C–C–N with tert-alkyl or cyclic N) is 1. The molecule has 2 unspecified atom stereocenters. The molecular formula is C29H40ClF2NO4. The van der Waals surface area contributed by atoms with Crippen molar-refractivity contribution in [3.63, 3.8) is 0 Å². The third kappa shape index (κ3) is 8.60. The molecule has 1 saturated heterocycles. The van der Waals surface area contributed by atoms with E-state index >= 15 is 0 Å². The van der Waals surface area contributed by atoms with Crippen LogP contribution in [0.4, 0.5) is 8.78 Å². The maximum absolute atomic E-state index is 14.1. The SMILES string of the molecule is CCOC(=O)CCc1cc(F)c(F)cc1[C@@H](CC)OC[C@H](O)CN1CCC[C@H]1CC1=CC(Cl)C(C)C=C1. The largest absolute Gasteiger partial charge is 0.466 e. The second-order valence-corrected chi connectivity index (χ2v) is 10.6. The van der Waals surface area contributed by atoms with Gasteiger partial charge in [-0.3, -0.25) is 9.69 Å². The fraction of sp³-hybridized carbons (Fsp3) is 0.621. The van der Waals surface area contributed by atoms with Crippen molar-refractivity contribution in [1.82, 2.24) is 4.90 Å². The van der Waals surface area contributed by atoms with Crippen molar-refractivity contribution in [3.8, 4) is 0 Å². The number of esters is 1. The molecule has 1 aromatic rings. The molecule has 0 amide bonds. The van der Waals surface area contributed by atoms with Gasteiger partial charge in [0.2, 0.25) is 0 Å². The van der Waals surface area contributed by atoms with Crippen molar-refractivity contribution in [2.24, 2.45) is 5.92 Å². The Labute approximate surface area is 224 Å². The molecule has 1 aromatic carbocycles. The molecule has 0 aromatic heterocycles. The first-order chi connectivity index (χ1) is 17.7. The predicted octanol–water partition coefficient (Wildman–Crippen LogP) is 5.88. The molecule has 0 radical (unpaired) electrons. The number of aryl methyl sites for hydroxylation is 1. The van der Waals surface area contributed by atoms with Gasteiger partial charge in [0.25, 0.3) is 0 Å². The van der Waals surface area contributed by atoms with Crippen LogP contribution >= 0.6 is 11.6 Å². The first kappa shape index (κ1) is 29.8. The van der Waals surface area contributed by atoms with Gasteiger partial charge in [-0.05, 0) is 80.3 Å². The number of aliphatic hydroxyl groups excluding tert-OH is 1. The topological polar surface area (TPSA) is 59.0 Å².